The molecule has 0 saturated heterocycles. The van der Waals surface area contributed by atoms with Crippen LogP contribution in [0, 0.1) is 11.3 Å². The van der Waals surface area contributed by atoms with Crippen molar-refractivity contribution in [3.8, 4) is 11.8 Å². The van der Waals surface area contributed by atoms with Gasteiger partial charge in [-0.05, 0) is 17.7 Å². The second-order valence-electron chi connectivity index (χ2n) is 4.71. The molecule has 2 unspecified atom stereocenters. The maximum absolute atomic E-state index is 10.1. The Morgan fingerprint density at radius 2 is 1.95 bits per heavy atom. The standard InChI is InChI=1S/C16H12BrNO2/c17-12-6-7-13(19)11-8-14(10-4-2-1-3-5-10)20-15(9-18)16(11)12/h1-7,14-15,19H,8H2. The number of phenols is 1. The van der Waals surface area contributed by atoms with Gasteiger partial charge in [0.25, 0.3) is 0 Å². The van der Waals surface area contributed by atoms with E-state index in [0.717, 1.165) is 21.2 Å². The van der Waals surface area contributed by atoms with Crippen molar-refractivity contribution in [1.82, 2.24) is 0 Å². The molecule has 3 rings (SSSR count). The molecule has 1 aliphatic rings. The average Bonchev–Trinajstić information content (AvgIpc) is 2.51. The SMILES string of the molecule is N#CC1OC(c2ccccc2)Cc2c(O)ccc(Br)c21. The minimum absolute atomic E-state index is 0.214. The van der Waals surface area contributed by atoms with Crippen molar-refractivity contribution in [3.05, 3.63) is 63.6 Å². The van der Waals surface area contributed by atoms with Gasteiger partial charge in [-0.1, -0.05) is 46.3 Å². The van der Waals surface area contributed by atoms with Crippen molar-refractivity contribution in [2.75, 3.05) is 0 Å². The summed E-state index contributed by atoms with van der Waals surface area (Å²) < 4.78 is 6.68. The van der Waals surface area contributed by atoms with Crippen molar-refractivity contribution in [1.29, 1.82) is 5.26 Å². The van der Waals surface area contributed by atoms with Crippen LogP contribution in [0.1, 0.15) is 28.9 Å². The topological polar surface area (TPSA) is 53.2 Å². The Hall–Kier alpha value is -1.83. The molecule has 0 saturated carbocycles. The number of fused-ring (bicyclic) bond motifs is 1. The van der Waals surface area contributed by atoms with E-state index in [1.54, 1.807) is 12.1 Å². The summed E-state index contributed by atoms with van der Waals surface area (Å²) in [5, 5.41) is 19.4. The number of phenolic OH excluding ortho intramolecular Hbond substituents is 1. The van der Waals surface area contributed by atoms with E-state index in [9.17, 15) is 10.4 Å². The fourth-order valence-corrected chi connectivity index (χ4v) is 3.13. The second-order valence-corrected chi connectivity index (χ2v) is 5.56. The van der Waals surface area contributed by atoms with Crippen molar-refractivity contribution in [2.24, 2.45) is 0 Å². The Labute approximate surface area is 125 Å². The number of halogens is 1. The fraction of sp³-hybridized carbons (Fsp3) is 0.188. The van der Waals surface area contributed by atoms with Crippen LogP contribution in [0.2, 0.25) is 0 Å². The summed E-state index contributed by atoms with van der Waals surface area (Å²) in [6.07, 6.45) is -0.331. The smallest absolute Gasteiger partial charge is 0.171 e. The molecule has 0 spiro atoms. The summed E-state index contributed by atoms with van der Waals surface area (Å²) >= 11 is 3.43. The molecule has 0 bridgehead atoms. The van der Waals surface area contributed by atoms with Crippen LogP contribution in [-0.4, -0.2) is 5.11 Å². The monoisotopic (exact) mass is 329 g/mol. The van der Waals surface area contributed by atoms with Crippen molar-refractivity contribution in [3.63, 3.8) is 0 Å². The molecule has 2 atom stereocenters. The van der Waals surface area contributed by atoms with E-state index >= 15 is 0 Å². The lowest BCUT2D eigenvalue weighted by atomic mass is 9.91. The predicted molar refractivity (Wildman–Crippen MR) is 78.1 cm³/mol. The van der Waals surface area contributed by atoms with Gasteiger partial charge in [-0.15, -0.1) is 0 Å². The molecular weight excluding hydrogens is 318 g/mol. The van der Waals surface area contributed by atoms with E-state index in [2.05, 4.69) is 22.0 Å². The van der Waals surface area contributed by atoms with Gasteiger partial charge in [-0.2, -0.15) is 5.26 Å². The van der Waals surface area contributed by atoms with Gasteiger partial charge < -0.3 is 9.84 Å². The number of aromatic hydroxyl groups is 1. The molecule has 3 nitrogen and oxygen atoms in total. The van der Waals surface area contributed by atoms with Crippen LogP contribution in [0.15, 0.2) is 46.9 Å². The van der Waals surface area contributed by atoms with E-state index in [0.29, 0.717) is 6.42 Å². The maximum Gasteiger partial charge on any atom is 0.171 e. The Kier molecular flexibility index (Phi) is 3.47. The number of nitriles is 1. The first kappa shape index (κ1) is 13.2. The molecule has 2 aromatic carbocycles. The molecule has 0 aliphatic carbocycles. The maximum atomic E-state index is 10.1. The van der Waals surface area contributed by atoms with Crippen LogP contribution in [0.5, 0.6) is 5.75 Å². The molecule has 0 amide bonds. The summed E-state index contributed by atoms with van der Waals surface area (Å²) in [5.41, 5.74) is 2.53. The van der Waals surface area contributed by atoms with Crippen LogP contribution in [0.3, 0.4) is 0 Å². The summed E-state index contributed by atoms with van der Waals surface area (Å²) in [4.78, 5) is 0. The fourth-order valence-electron chi connectivity index (χ4n) is 2.55. The predicted octanol–water partition coefficient (Wildman–Crippen LogP) is 4.03. The Morgan fingerprint density at radius 1 is 1.20 bits per heavy atom. The van der Waals surface area contributed by atoms with Crippen LogP contribution >= 0.6 is 15.9 Å². The van der Waals surface area contributed by atoms with E-state index in [-0.39, 0.29) is 11.9 Å². The Bertz CT molecular complexity index is 679. The molecule has 1 aliphatic heterocycles. The third kappa shape index (κ3) is 2.20. The van der Waals surface area contributed by atoms with Gasteiger partial charge in [0.15, 0.2) is 6.10 Å². The van der Waals surface area contributed by atoms with Crippen LogP contribution in [-0.2, 0) is 11.2 Å². The lowest BCUT2D eigenvalue weighted by molar-refractivity contribution is 0.00151. The summed E-state index contributed by atoms with van der Waals surface area (Å²) in [7, 11) is 0. The zero-order chi connectivity index (χ0) is 14.1. The first-order valence-electron chi connectivity index (χ1n) is 6.31. The summed E-state index contributed by atoms with van der Waals surface area (Å²) in [5.74, 6) is 0.215. The summed E-state index contributed by atoms with van der Waals surface area (Å²) in [6.45, 7) is 0. The highest BCUT2D eigenvalue weighted by Crippen LogP contribution is 2.43. The van der Waals surface area contributed by atoms with Gasteiger partial charge in [0.1, 0.15) is 5.75 Å². The number of nitrogens with zero attached hydrogens (tertiary/aromatic N) is 1. The largest absolute Gasteiger partial charge is 0.508 e. The van der Waals surface area contributed by atoms with Gasteiger partial charge in [-0.25, -0.2) is 0 Å². The van der Waals surface area contributed by atoms with E-state index in [4.69, 9.17) is 4.74 Å². The molecule has 1 heterocycles. The third-order valence-corrected chi connectivity index (χ3v) is 4.21. The molecular formula is C16H12BrNO2. The van der Waals surface area contributed by atoms with Crippen molar-refractivity contribution < 1.29 is 9.84 Å². The van der Waals surface area contributed by atoms with Gasteiger partial charge in [-0.3, -0.25) is 0 Å². The molecule has 0 aromatic heterocycles. The molecule has 0 fully saturated rings. The minimum atomic E-state index is -0.676. The number of hydrogen-bond donors (Lipinski definition) is 1. The number of benzene rings is 2. The highest BCUT2D eigenvalue weighted by molar-refractivity contribution is 9.10. The first-order chi connectivity index (χ1) is 9.70. The highest BCUT2D eigenvalue weighted by atomic mass is 79.9. The van der Waals surface area contributed by atoms with Gasteiger partial charge >= 0.3 is 0 Å². The second kappa shape index (κ2) is 5.28. The number of ether oxygens (including phenoxy) is 1. The molecule has 4 heteroatoms. The minimum Gasteiger partial charge on any atom is -0.508 e. The number of rotatable bonds is 1. The van der Waals surface area contributed by atoms with Crippen molar-refractivity contribution >= 4 is 15.9 Å². The van der Waals surface area contributed by atoms with E-state index < -0.39 is 6.10 Å². The van der Waals surface area contributed by atoms with Gasteiger partial charge in [0.05, 0.1) is 12.2 Å². The highest BCUT2D eigenvalue weighted by Gasteiger charge is 2.32. The Morgan fingerprint density at radius 3 is 2.65 bits per heavy atom. The lowest BCUT2D eigenvalue weighted by Crippen LogP contribution is -2.20. The summed E-state index contributed by atoms with van der Waals surface area (Å²) in [6, 6.07) is 15.3. The molecule has 2 aromatic rings. The van der Waals surface area contributed by atoms with Gasteiger partial charge in [0.2, 0.25) is 0 Å². The quantitative estimate of drug-likeness (QED) is 0.859. The lowest BCUT2D eigenvalue weighted by Gasteiger charge is -2.30. The van der Waals surface area contributed by atoms with Crippen LogP contribution in [0.25, 0.3) is 0 Å². The third-order valence-electron chi connectivity index (χ3n) is 3.52. The zero-order valence-corrected chi connectivity index (χ0v) is 12.2. The number of hydrogen-bond acceptors (Lipinski definition) is 3. The first-order valence-corrected chi connectivity index (χ1v) is 7.10. The molecule has 20 heavy (non-hydrogen) atoms. The van der Waals surface area contributed by atoms with Crippen molar-refractivity contribution in [2.45, 2.75) is 18.6 Å². The van der Waals surface area contributed by atoms with Crippen LogP contribution < -0.4 is 0 Å². The van der Waals surface area contributed by atoms with E-state index in [1.165, 1.54) is 0 Å². The molecule has 0 radical (unpaired) electrons. The Balaban J connectivity index is 2.07. The average molecular weight is 330 g/mol. The normalized spacial score (nSPS) is 21.0. The van der Waals surface area contributed by atoms with Gasteiger partial charge in [0, 0.05) is 22.0 Å². The molecule has 100 valence electrons. The molecule has 1 N–H and O–H groups in total. The zero-order valence-electron chi connectivity index (χ0n) is 10.6. The van der Waals surface area contributed by atoms with E-state index in [1.807, 2.05) is 30.3 Å². The van der Waals surface area contributed by atoms with Crippen LogP contribution in [0.4, 0.5) is 0 Å².